The van der Waals surface area contributed by atoms with Gasteiger partial charge in [-0.05, 0) is 38.2 Å². The summed E-state index contributed by atoms with van der Waals surface area (Å²) in [6.45, 7) is 6.71. The third kappa shape index (κ3) is 6.14. The van der Waals surface area contributed by atoms with Gasteiger partial charge in [-0.2, -0.15) is 0 Å². The molecule has 0 bridgehead atoms. The molecular weight excluding hydrogens is 262 g/mol. The van der Waals surface area contributed by atoms with E-state index >= 15 is 0 Å². The van der Waals surface area contributed by atoms with Crippen LogP contribution in [-0.2, 0) is 11.3 Å². The molecule has 1 atom stereocenters. The monoisotopic (exact) mass is 293 g/mol. The molecule has 21 heavy (non-hydrogen) atoms. The Morgan fingerprint density at radius 3 is 2.24 bits per heavy atom. The summed E-state index contributed by atoms with van der Waals surface area (Å²) in [5, 5.41) is 0. The Morgan fingerprint density at radius 2 is 1.76 bits per heavy atom. The summed E-state index contributed by atoms with van der Waals surface area (Å²) in [5.74, 6) is 0. The lowest BCUT2D eigenvalue weighted by molar-refractivity contribution is 0.181. The number of likely N-dealkylation sites (N-methyl/N-ethyl adjacent to an activating group) is 1. The predicted octanol–water partition coefficient (Wildman–Crippen LogP) is 2.11. The van der Waals surface area contributed by atoms with E-state index in [4.69, 9.17) is 10.5 Å². The summed E-state index contributed by atoms with van der Waals surface area (Å²) >= 11 is 0. The topological polar surface area (TPSA) is 41.7 Å². The van der Waals surface area contributed by atoms with Crippen LogP contribution in [0.25, 0.3) is 0 Å². The molecular formula is C17H31N3O. The van der Waals surface area contributed by atoms with Crippen molar-refractivity contribution in [2.75, 3.05) is 47.4 Å². The first-order valence-corrected chi connectivity index (χ1v) is 7.79. The summed E-state index contributed by atoms with van der Waals surface area (Å²) in [6.07, 6.45) is 1.14. The molecule has 1 aromatic carbocycles. The van der Waals surface area contributed by atoms with E-state index in [2.05, 4.69) is 55.1 Å². The number of hydrogen-bond acceptors (Lipinski definition) is 4. The van der Waals surface area contributed by atoms with Crippen LogP contribution < -0.4 is 5.73 Å². The number of ether oxygens (including phenoxy) is 1. The molecule has 0 fully saturated rings. The average molecular weight is 293 g/mol. The zero-order valence-corrected chi connectivity index (χ0v) is 14.0. The Morgan fingerprint density at radius 1 is 1.10 bits per heavy atom. The van der Waals surface area contributed by atoms with E-state index in [0.29, 0.717) is 19.2 Å². The second-order valence-electron chi connectivity index (χ2n) is 5.77. The molecule has 2 N–H and O–H groups in total. The molecule has 4 nitrogen and oxygen atoms in total. The van der Waals surface area contributed by atoms with Crippen LogP contribution in [0.4, 0.5) is 0 Å². The van der Waals surface area contributed by atoms with Crippen molar-refractivity contribution in [1.82, 2.24) is 9.80 Å². The van der Waals surface area contributed by atoms with Crippen LogP contribution in [0.5, 0.6) is 0 Å². The molecule has 0 radical (unpaired) electrons. The minimum Gasteiger partial charge on any atom is -0.380 e. The summed E-state index contributed by atoms with van der Waals surface area (Å²) in [7, 11) is 5.95. The van der Waals surface area contributed by atoms with Crippen molar-refractivity contribution in [2.24, 2.45) is 5.73 Å². The first-order chi connectivity index (χ1) is 10.1. The summed E-state index contributed by atoms with van der Waals surface area (Å²) in [5.41, 5.74) is 8.56. The fourth-order valence-electron chi connectivity index (χ4n) is 2.54. The van der Waals surface area contributed by atoms with Crippen molar-refractivity contribution in [2.45, 2.75) is 26.0 Å². The van der Waals surface area contributed by atoms with E-state index < -0.39 is 0 Å². The number of nitrogens with two attached hydrogens (primary N) is 1. The first-order valence-electron chi connectivity index (χ1n) is 7.79. The Hall–Kier alpha value is -0.940. The third-order valence-corrected chi connectivity index (χ3v) is 3.68. The van der Waals surface area contributed by atoms with Gasteiger partial charge in [0.2, 0.25) is 0 Å². The lowest BCUT2D eigenvalue weighted by Crippen LogP contribution is -2.38. The normalized spacial score (nSPS) is 13.1. The van der Waals surface area contributed by atoms with Crippen molar-refractivity contribution in [3.05, 3.63) is 35.4 Å². The van der Waals surface area contributed by atoms with E-state index in [1.807, 2.05) is 0 Å². The third-order valence-electron chi connectivity index (χ3n) is 3.68. The number of rotatable bonds is 10. The Kier molecular flexibility index (Phi) is 8.54. The Labute approximate surface area is 129 Å². The molecule has 1 rings (SSSR count). The van der Waals surface area contributed by atoms with Gasteiger partial charge in [-0.1, -0.05) is 31.2 Å². The average Bonchev–Trinajstić information content (AvgIpc) is 2.47. The maximum atomic E-state index is 6.06. The second kappa shape index (κ2) is 9.90. The fraction of sp³-hybridized carbons (Fsp3) is 0.647. The molecule has 4 heteroatoms. The van der Waals surface area contributed by atoms with E-state index in [0.717, 1.165) is 26.1 Å². The number of nitrogens with zero attached hydrogens (tertiary/aromatic N) is 2. The summed E-state index contributed by atoms with van der Waals surface area (Å²) < 4.78 is 5.16. The van der Waals surface area contributed by atoms with Crippen LogP contribution >= 0.6 is 0 Å². The molecule has 120 valence electrons. The Balaban J connectivity index is 2.80. The standard InChI is InChI=1S/C17H31N3O/c1-5-10-20(12-11-19(2)3)17(13-18)16-8-6-15(7-9-16)14-21-4/h6-9,17H,5,10-14,18H2,1-4H3. The van der Waals surface area contributed by atoms with Crippen molar-refractivity contribution in [3.63, 3.8) is 0 Å². The highest BCUT2D eigenvalue weighted by molar-refractivity contribution is 5.25. The maximum absolute atomic E-state index is 6.06. The van der Waals surface area contributed by atoms with Crippen LogP contribution in [0.2, 0.25) is 0 Å². The van der Waals surface area contributed by atoms with Gasteiger partial charge in [0, 0.05) is 32.8 Å². The summed E-state index contributed by atoms with van der Waals surface area (Å²) in [4.78, 5) is 4.71. The van der Waals surface area contributed by atoms with E-state index in [1.165, 1.54) is 11.1 Å². The molecule has 0 aromatic heterocycles. The zero-order valence-electron chi connectivity index (χ0n) is 14.0. The van der Waals surface area contributed by atoms with Crippen molar-refractivity contribution < 1.29 is 4.74 Å². The number of methoxy groups -OCH3 is 1. The van der Waals surface area contributed by atoms with E-state index in [-0.39, 0.29) is 0 Å². The van der Waals surface area contributed by atoms with Gasteiger partial charge in [-0.25, -0.2) is 0 Å². The molecule has 0 aliphatic carbocycles. The highest BCUT2D eigenvalue weighted by atomic mass is 16.5. The zero-order chi connectivity index (χ0) is 15.7. The van der Waals surface area contributed by atoms with Crippen LogP contribution in [0.15, 0.2) is 24.3 Å². The number of hydrogen-bond donors (Lipinski definition) is 1. The van der Waals surface area contributed by atoms with E-state index in [1.54, 1.807) is 7.11 Å². The minimum atomic E-state index is 0.293. The van der Waals surface area contributed by atoms with Gasteiger partial charge in [-0.15, -0.1) is 0 Å². The van der Waals surface area contributed by atoms with Gasteiger partial charge in [0.1, 0.15) is 0 Å². The smallest absolute Gasteiger partial charge is 0.0713 e. The predicted molar refractivity (Wildman–Crippen MR) is 89.4 cm³/mol. The number of benzene rings is 1. The van der Waals surface area contributed by atoms with Crippen molar-refractivity contribution >= 4 is 0 Å². The van der Waals surface area contributed by atoms with Crippen molar-refractivity contribution in [1.29, 1.82) is 0 Å². The SMILES string of the molecule is CCCN(CCN(C)C)C(CN)c1ccc(COC)cc1. The van der Waals surface area contributed by atoms with Crippen LogP contribution in [0, 0.1) is 0 Å². The highest BCUT2D eigenvalue weighted by Crippen LogP contribution is 2.20. The van der Waals surface area contributed by atoms with Gasteiger partial charge in [0.25, 0.3) is 0 Å². The highest BCUT2D eigenvalue weighted by Gasteiger charge is 2.18. The van der Waals surface area contributed by atoms with E-state index in [9.17, 15) is 0 Å². The second-order valence-corrected chi connectivity index (χ2v) is 5.77. The molecule has 1 aromatic rings. The largest absolute Gasteiger partial charge is 0.380 e. The van der Waals surface area contributed by atoms with Gasteiger partial charge in [0.05, 0.1) is 6.61 Å². The summed E-state index contributed by atoms with van der Waals surface area (Å²) in [6, 6.07) is 8.94. The first kappa shape index (κ1) is 18.1. The molecule has 0 spiro atoms. The van der Waals surface area contributed by atoms with Gasteiger partial charge in [0.15, 0.2) is 0 Å². The lowest BCUT2D eigenvalue weighted by Gasteiger charge is -2.32. The van der Waals surface area contributed by atoms with Crippen LogP contribution in [0.1, 0.15) is 30.5 Å². The van der Waals surface area contributed by atoms with Gasteiger partial charge in [-0.3, -0.25) is 4.90 Å². The van der Waals surface area contributed by atoms with Gasteiger partial charge < -0.3 is 15.4 Å². The molecule has 0 amide bonds. The van der Waals surface area contributed by atoms with Crippen LogP contribution in [-0.4, -0.2) is 57.2 Å². The molecule has 0 aliphatic rings. The molecule has 0 saturated heterocycles. The quantitative estimate of drug-likeness (QED) is 0.717. The lowest BCUT2D eigenvalue weighted by atomic mass is 10.0. The fourth-order valence-corrected chi connectivity index (χ4v) is 2.54. The molecule has 0 saturated carbocycles. The minimum absolute atomic E-state index is 0.293. The Bertz CT molecular complexity index is 378. The van der Waals surface area contributed by atoms with Crippen molar-refractivity contribution in [3.8, 4) is 0 Å². The van der Waals surface area contributed by atoms with Gasteiger partial charge >= 0.3 is 0 Å². The van der Waals surface area contributed by atoms with Crippen LogP contribution in [0.3, 0.4) is 0 Å². The molecule has 1 unspecified atom stereocenters. The molecule has 0 aliphatic heterocycles. The maximum Gasteiger partial charge on any atom is 0.0713 e. The molecule has 0 heterocycles.